The Kier molecular flexibility index (Phi) is 6.80. The highest BCUT2D eigenvalue weighted by Crippen LogP contribution is 2.22. The van der Waals surface area contributed by atoms with Crippen LogP contribution >= 0.6 is 0 Å². The minimum absolute atomic E-state index is 0.791. The first kappa shape index (κ1) is 16.5. The zero-order valence-corrected chi connectivity index (χ0v) is 14.4. The number of benzene rings is 1. The van der Waals surface area contributed by atoms with Crippen molar-refractivity contribution in [2.45, 2.75) is 52.4 Å². The lowest BCUT2D eigenvalue weighted by molar-refractivity contribution is 0.504. The second-order valence-corrected chi connectivity index (χ2v) is 12.5. The zero-order chi connectivity index (χ0) is 14.3. The lowest BCUT2D eigenvalue weighted by Gasteiger charge is -2.25. The fourth-order valence-corrected chi connectivity index (χ4v) is 4.74. The molecule has 0 amide bonds. The average Bonchev–Trinajstić information content (AvgIpc) is 2.30. The summed E-state index contributed by atoms with van der Waals surface area (Å²) in [6.45, 7) is 14.2. The summed E-state index contributed by atoms with van der Waals surface area (Å²) in [6.07, 6.45) is 2.46. The van der Waals surface area contributed by atoms with Gasteiger partial charge in [-0.2, -0.15) is 0 Å². The maximum Gasteiger partial charge on any atom is 0.0446 e. The van der Waals surface area contributed by atoms with Gasteiger partial charge in [0, 0.05) is 8.07 Å². The number of nitrogens with one attached hydrogen (secondary N) is 1. The van der Waals surface area contributed by atoms with Crippen molar-refractivity contribution in [2.75, 3.05) is 13.1 Å². The highest BCUT2D eigenvalue weighted by molar-refractivity contribution is 6.76. The number of rotatable bonds is 8. The topological polar surface area (TPSA) is 12.0 Å². The monoisotopic (exact) mass is 277 g/mol. The van der Waals surface area contributed by atoms with Crippen LogP contribution in [0.3, 0.4) is 0 Å². The maximum atomic E-state index is 3.62. The predicted octanol–water partition coefficient (Wildman–Crippen LogP) is 4.49. The first-order valence-corrected chi connectivity index (χ1v) is 11.4. The van der Waals surface area contributed by atoms with E-state index in [4.69, 9.17) is 0 Å². The minimum Gasteiger partial charge on any atom is -0.316 e. The summed E-state index contributed by atoms with van der Waals surface area (Å²) < 4.78 is 0. The molecular formula is C17H31NSi. The first-order valence-electron chi connectivity index (χ1n) is 7.67. The second kappa shape index (κ2) is 7.86. The third kappa shape index (κ3) is 6.93. The Balaban J connectivity index is 2.65. The number of hydrogen-bond acceptors (Lipinski definition) is 1. The van der Waals surface area contributed by atoms with E-state index in [9.17, 15) is 0 Å². The molecule has 1 nitrogen and oxygen atoms in total. The van der Waals surface area contributed by atoms with Crippen LogP contribution in [0.25, 0.3) is 0 Å². The molecule has 1 aromatic carbocycles. The van der Waals surface area contributed by atoms with E-state index < -0.39 is 8.07 Å². The third-order valence-corrected chi connectivity index (χ3v) is 5.33. The molecule has 1 aromatic rings. The Morgan fingerprint density at radius 2 is 1.84 bits per heavy atom. The van der Waals surface area contributed by atoms with E-state index >= 15 is 0 Å². The molecule has 0 radical (unpaired) electrons. The molecule has 0 aromatic heterocycles. The van der Waals surface area contributed by atoms with Crippen molar-refractivity contribution in [3.63, 3.8) is 0 Å². The van der Waals surface area contributed by atoms with E-state index in [0.29, 0.717) is 0 Å². The van der Waals surface area contributed by atoms with Gasteiger partial charge in [0.1, 0.15) is 0 Å². The van der Waals surface area contributed by atoms with Crippen LogP contribution in [0.4, 0.5) is 0 Å². The van der Waals surface area contributed by atoms with Crippen LogP contribution in [0.5, 0.6) is 0 Å². The summed E-state index contributed by atoms with van der Waals surface area (Å²) in [7, 11) is -0.992. The van der Waals surface area contributed by atoms with Crippen LogP contribution in [0, 0.1) is 12.8 Å². The van der Waals surface area contributed by atoms with Crippen molar-refractivity contribution >= 4 is 8.07 Å². The molecule has 0 saturated carbocycles. The fraction of sp³-hybridized carbons (Fsp3) is 0.647. The van der Waals surface area contributed by atoms with E-state index in [1.54, 1.807) is 0 Å². The van der Waals surface area contributed by atoms with E-state index in [1.165, 1.54) is 36.6 Å². The molecule has 19 heavy (non-hydrogen) atoms. The zero-order valence-electron chi connectivity index (χ0n) is 13.4. The van der Waals surface area contributed by atoms with E-state index in [-0.39, 0.29) is 0 Å². The standard InChI is InChI=1S/C17H31NSi/c1-6-11-18-13-16(14-19(3,4)5)12-17-10-8-7-9-15(17)2/h7-10,16,18H,6,11-14H2,1-5H3. The van der Waals surface area contributed by atoms with Gasteiger partial charge in [-0.05, 0) is 49.9 Å². The SMILES string of the molecule is CCCNCC(Cc1ccccc1C)C[Si](C)(C)C. The maximum absolute atomic E-state index is 3.62. The van der Waals surface area contributed by atoms with Crippen molar-refractivity contribution in [3.8, 4) is 0 Å². The summed E-state index contributed by atoms with van der Waals surface area (Å²) in [4.78, 5) is 0. The molecule has 1 atom stereocenters. The summed E-state index contributed by atoms with van der Waals surface area (Å²) in [5.74, 6) is 0.791. The normalized spacial score (nSPS) is 13.5. The Morgan fingerprint density at radius 3 is 2.42 bits per heavy atom. The quantitative estimate of drug-likeness (QED) is 0.545. The molecule has 0 spiro atoms. The molecular weight excluding hydrogens is 246 g/mol. The Bertz CT molecular complexity index is 368. The smallest absolute Gasteiger partial charge is 0.0446 e. The summed E-state index contributed by atoms with van der Waals surface area (Å²) in [5.41, 5.74) is 2.97. The van der Waals surface area contributed by atoms with Crippen molar-refractivity contribution < 1.29 is 0 Å². The predicted molar refractivity (Wildman–Crippen MR) is 89.7 cm³/mol. The van der Waals surface area contributed by atoms with Crippen molar-refractivity contribution in [1.82, 2.24) is 5.32 Å². The highest BCUT2D eigenvalue weighted by Gasteiger charge is 2.20. The highest BCUT2D eigenvalue weighted by atomic mass is 28.3. The number of hydrogen-bond donors (Lipinski definition) is 1. The van der Waals surface area contributed by atoms with Crippen LogP contribution < -0.4 is 5.32 Å². The molecule has 0 fully saturated rings. The third-order valence-electron chi connectivity index (χ3n) is 3.53. The molecule has 1 rings (SSSR count). The molecule has 0 aliphatic carbocycles. The van der Waals surface area contributed by atoms with Gasteiger partial charge in [0.05, 0.1) is 0 Å². The molecule has 0 aliphatic rings. The van der Waals surface area contributed by atoms with E-state index in [0.717, 1.165) is 12.5 Å². The van der Waals surface area contributed by atoms with Gasteiger partial charge in [-0.3, -0.25) is 0 Å². The molecule has 0 saturated heterocycles. The number of aryl methyl sites for hydroxylation is 1. The lowest BCUT2D eigenvalue weighted by Crippen LogP contribution is -2.32. The van der Waals surface area contributed by atoms with Crippen molar-refractivity contribution in [3.05, 3.63) is 35.4 Å². The average molecular weight is 278 g/mol. The van der Waals surface area contributed by atoms with Crippen LogP contribution in [0.15, 0.2) is 24.3 Å². The Morgan fingerprint density at radius 1 is 1.16 bits per heavy atom. The van der Waals surface area contributed by atoms with Gasteiger partial charge in [-0.25, -0.2) is 0 Å². The molecule has 1 unspecified atom stereocenters. The lowest BCUT2D eigenvalue weighted by atomic mass is 9.97. The Hall–Kier alpha value is -0.603. The van der Waals surface area contributed by atoms with Gasteiger partial charge < -0.3 is 5.32 Å². The van der Waals surface area contributed by atoms with Gasteiger partial charge in [-0.15, -0.1) is 0 Å². The second-order valence-electron chi connectivity index (χ2n) is 6.97. The fourth-order valence-electron chi connectivity index (χ4n) is 2.72. The van der Waals surface area contributed by atoms with Crippen LogP contribution in [-0.4, -0.2) is 21.2 Å². The van der Waals surface area contributed by atoms with Gasteiger partial charge in [-0.1, -0.05) is 56.9 Å². The van der Waals surface area contributed by atoms with Crippen LogP contribution in [0.1, 0.15) is 24.5 Å². The van der Waals surface area contributed by atoms with Gasteiger partial charge >= 0.3 is 0 Å². The van der Waals surface area contributed by atoms with Crippen LogP contribution in [0.2, 0.25) is 25.7 Å². The van der Waals surface area contributed by atoms with Crippen molar-refractivity contribution in [1.29, 1.82) is 0 Å². The molecule has 0 aliphatic heterocycles. The molecule has 2 heteroatoms. The van der Waals surface area contributed by atoms with Gasteiger partial charge in [0.25, 0.3) is 0 Å². The molecule has 1 N–H and O–H groups in total. The molecule has 0 bridgehead atoms. The first-order chi connectivity index (χ1) is 8.92. The summed E-state index contributed by atoms with van der Waals surface area (Å²) in [6, 6.07) is 10.3. The minimum atomic E-state index is -0.992. The van der Waals surface area contributed by atoms with Crippen molar-refractivity contribution in [2.24, 2.45) is 5.92 Å². The summed E-state index contributed by atoms with van der Waals surface area (Å²) >= 11 is 0. The largest absolute Gasteiger partial charge is 0.316 e. The van der Waals surface area contributed by atoms with Gasteiger partial charge in [0.15, 0.2) is 0 Å². The van der Waals surface area contributed by atoms with E-state index in [2.05, 4.69) is 63.1 Å². The summed E-state index contributed by atoms with van der Waals surface area (Å²) in [5, 5.41) is 3.62. The van der Waals surface area contributed by atoms with Crippen LogP contribution in [-0.2, 0) is 6.42 Å². The molecule has 0 heterocycles. The Labute approximate surface area is 120 Å². The molecule has 108 valence electrons. The van der Waals surface area contributed by atoms with Gasteiger partial charge in [0.2, 0.25) is 0 Å². The van der Waals surface area contributed by atoms with E-state index in [1.807, 2.05) is 0 Å².